The lowest BCUT2D eigenvalue weighted by molar-refractivity contribution is 0.361. The Morgan fingerprint density at radius 2 is 2.17 bits per heavy atom. The van der Waals surface area contributed by atoms with Crippen LogP contribution < -0.4 is 10.0 Å². The second kappa shape index (κ2) is 7.58. The van der Waals surface area contributed by atoms with Gasteiger partial charge in [-0.25, -0.2) is 18.1 Å². The molecule has 0 aliphatic carbocycles. The molecule has 0 spiro atoms. The van der Waals surface area contributed by atoms with Gasteiger partial charge in [0.2, 0.25) is 10.0 Å². The number of aromatic nitrogens is 1. The second-order valence-corrected chi connectivity index (χ2v) is 9.66. The Morgan fingerprint density at radius 1 is 1.39 bits per heavy atom. The van der Waals surface area contributed by atoms with E-state index in [1.165, 1.54) is 11.3 Å². The molecule has 1 aliphatic rings. The minimum absolute atomic E-state index is 0. The summed E-state index contributed by atoms with van der Waals surface area (Å²) in [7, 11) is -3.45. The summed E-state index contributed by atoms with van der Waals surface area (Å²) in [5.41, 5.74) is 0.851. The fourth-order valence-corrected chi connectivity index (χ4v) is 5.85. The second-order valence-electron chi connectivity index (χ2n) is 5.57. The van der Waals surface area contributed by atoms with E-state index < -0.39 is 10.0 Å². The minimum Gasteiger partial charge on any atom is -0.314 e. The van der Waals surface area contributed by atoms with E-state index in [9.17, 15) is 8.42 Å². The average molecular weight is 394 g/mol. The predicted octanol–water partition coefficient (Wildman–Crippen LogP) is 3.02. The third-order valence-electron chi connectivity index (χ3n) is 3.66. The highest BCUT2D eigenvalue weighted by molar-refractivity contribution is 7.91. The molecule has 3 heterocycles. The molecule has 0 amide bonds. The highest BCUT2D eigenvalue weighted by Gasteiger charge is 2.25. The van der Waals surface area contributed by atoms with Crippen LogP contribution in [0.2, 0.25) is 0 Å². The number of thiophene rings is 1. The first-order valence-electron chi connectivity index (χ1n) is 7.22. The van der Waals surface area contributed by atoms with E-state index in [0.29, 0.717) is 10.3 Å². The third-order valence-corrected chi connectivity index (χ3v) is 7.56. The lowest BCUT2D eigenvalue weighted by Gasteiger charge is -2.28. The van der Waals surface area contributed by atoms with Crippen molar-refractivity contribution in [1.82, 2.24) is 15.0 Å². The number of rotatable bonds is 4. The first-order chi connectivity index (χ1) is 10.4. The van der Waals surface area contributed by atoms with Crippen LogP contribution in [0, 0.1) is 6.92 Å². The monoisotopic (exact) mass is 393 g/mol. The van der Waals surface area contributed by atoms with Crippen molar-refractivity contribution < 1.29 is 8.42 Å². The summed E-state index contributed by atoms with van der Waals surface area (Å²) in [6.45, 7) is 4.87. The normalized spacial score (nSPS) is 21.8. The number of nitrogens with one attached hydrogen (secondary N) is 2. The van der Waals surface area contributed by atoms with Gasteiger partial charge in [-0.2, -0.15) is 0 Å². The van der Waals surface area contributed by atoms with Gasteiger partial charge in [0.25, 0.3) is 0 Å². The molecule has 2 atom stereocenters. The highest BCUT2D eigenvalue weighted by Crippen LogP contribution is 2.31. The molecule has 2 unspecified atom stereocenters. The number of hydrogen-bond donors (Lipinski definition) is 2. The summed E-state index contributed by atoms with van der Waals surface area (Å²) < 4.78 is 28.2. The summed E-state index contributed by atoms with van der Waals surface area (Å²) >= 11 is 2.84. The Balaban J connectivity index is 0.00000192. The Kier molecular flexibility index (Phi) is 6.21. The maximum atomic E-state index is 12.5. The Hall–Kier alpha value is -0.510. The van der Waals surface area contributed by atoms with Crippen LogP contribution in [0.5, 0.6) is 0 Å². The van der Waals surface area contributed by atoms with Crippen LogP contribution in [0.3, 0.4) is 0 Å². The highest BCUT2D eigenvalue weighted by atomic mass is 35.5. The summed E-state index contributed by atoms with van der Waals surface area (Å²) in [6, 6.07) is 3.85. The number of thiazole rings is 1. The van der Waals surface area contributed by atoms with Gasteiger partial charge in [-0.3, -0.25) is 0 Å². The predicted molar refractivity (Wildman–Crippen MR) is 98.2 cm³/mol. The van der Waals surface area contributed by atoms with Crippen molar-refractivity contribution >= 4 is 45.1 Å². The number of aryl methyl sites for hydroxylation is 1. The van der Waals surface area contributed by atoms with Crippen molar-refractivity contribution in [2.45, 2.75) is 43.0 Å². The van der Waals surface area contributed by atoms with Crippen LogP contribution >= 0.6 is 35.1 Å². The molecule has 2 aromatic rings. The van der Waals surface area contributed by atoms with Crippen LogP contribution in [-0.2, 0) is 10.0 Å². The molecule has 0 aromatic carbocycles. The van der Waals surface area contributed by atoms with E-state index in [-0.39, 0.29) is 18.4 Å². The molecular formula is C14H20ClN3O2S3. The van der Waals surface area contributed by atoms with Gasteiger partial charge in [-0.1, -0.05) is 0 Å². The number of nitrogens with zero attached hydrogens (tertiary/aromatic N) is 1. The number of hydrogen-bond acceptors (Lipinski definition) is 6. The van der Waals surface area contributed by atoms with Gasteiger partial charge in [0.05, 0.1) is 15.6 Å². The van der Waals surface area contributed by atoms with Crippen LogP contribution in [0.15, 0.2) is 21.7 Å². The summed E-state index contributed by atoms with van der Waals surface area (Å²) in [4.78, 5) is 5.30. The quantitative estimate of drug-likeness (QED) is 0.837. The summed E-state index contributed by atoms with van der Waals surface area (Å²) in [5.74, 6) is 0. The fraction of sp³-hybridized carbons (Fsp3) is 0.500. The van der Waals surface area contributed by atoms with Crippen LogP contribution in [0.4, 0.5) is 0 Å². The van der Waals surface area contributed by atoms with E-state index >= 15 is 0 Å². The number of piperidine rings is 1. The zero-order valence-corrected chi connectivity index (χ0v) is 16.2. The van der Waals surface area contributed by atoms with Gasteiger partial charge in [0, 0.05) is 17.5 Å². The molecule has 2 aromatic heterocycles. The average Bonchev–Trinajstić information content (AvgIpc) is 3.06. The standard InChI is InChI=1S/C14H19N3O2S3.ClH/c1-9-7-11(5-6-15-9)17-22(18,19)14-4-3-13(21-14)12-8-20-10(2)16-12;/h3-4,8-9,11,15,17H,5-7H2,1-2H3;1H. The molecule has 0 bridgehead atoms. The van der Waals surface area contributed by atoms with Gasteiger partial charge >= 0.3 is 0 Å². The smallest absolute Gasteiger partial charge is 0.250 e. The van der Waals surface area contributed by atoms with E-state index in [1.54, 1.807) is 17.4 Å². The molecule has 23 heavy (non-hydrogen) atoms. The van der Waals surface area contributed by atoms with Gasteiger partial charge in [-0.05, 0) is 45.4 Å². The molecule has 1 fully saturated rings. The van der Waals surface area contributed by atoms with Crippen LogP contribution in [-0.4, -0.2) is 32.0 Å². The van der Waals surface area contributed by atoms with E-state index in [0.717, 1.165) is 35.0 Å². The summed E-state index contributed by atoms with van der Waals surface area (Å²) in [6.07, 6.45) is 1.65. The molecule has 2 N–H and O–H groups in total. The third kappa shape index (κ3) is 4.52. The molecule has 0 radical (unpaired) electrons. The van der Waals surface area contributed by atoms with Crippen LogP contribution in [0.1, 0.15) is 24.8 Å². The first kappa shape index (κ1) is 18.8. The number of sulfonamides is 1. The van der Waals surface area contributed by atoms with Gasteiger partial charge in [0.1, 0.15) is 4.21 Å². The van der Waals surface area contributed by atoms with Crippen molar-refractivity contribution in [2.24, 2.45) is 0 Å². The van der Waals surface area contributed by atoms with E-state index in [2.05, 4.69) is 21.9 Å². The Labute approximate surface area is 151 Å². The molecule has 1 aliphatic heterocycles. The Bertz CT molecular complexity index is 757. The SMILES string of the molecule is Cc1nc(-c2ccc(S(=O)(=O)NC3CCNC(C)C3)s2)cs1.Cl. The molecule has 1 saturated heterocycles. The molecular weight excluding hydrogens is 374 g/mol. The first-order valence-corrected chi connectivity index (χ1v) is 10.4. The van der Waals surface area contributed by atoms with E-state index in [4.69, 9.17) is 0 Å². The lowest BCUT2D eigenvalue weighted by Crippen LogP contribution is -2.46. The molecule has 128 valence electrons. The maximum Gasteiger partial charge on any atom is 0.250 e. The largest absolute Gasteiger partial charge is 0.314 e. The van der Waals surface area contributed by atoms with E-state index in [1.807, 2.05) is 18.4 Å². The minimum atomic E-state index is -3.45. The van der Waals surface area contributed by atoms with Crippen LogP contribution in [0.25, 0.3) is 10.6 Å². The van der Waals surface area contributed by atoms with Crippen molar-refractivity contribution in [3.05, 3.63) is 22.5 Å². The number of halogens is 1. The zero-order valence-electron chi connectivity index (χ0n) is 12.9. The fourth-order valence-electron chi connectivity index (χ4n) is 2.60. The molecule has 9 heteroatoms. The molecule has 0 saturated carbocycles. The topological polar surface area (TPSA) is 71.1 Å². The molecule has 5 nitrogen and oxygen atoms in total. The Morgan fingerprint density at radius 3 is 2.83 bits per heavy atom. The maximum absolute atomic E-state index is 12.5. The van der Waals surface area contributed by atoms with Gasteiger partial charge in [0.15, 0.2) is 0 Å². The van der Waals surface area contributed by atoms with Crippen molar-refractivity contribution in [2.75, 3.05) is 6.54 Å². The van der Waals surface area contributed by atoms with Gasteiger partial charge in [-0.15, -0.1) is 35.1 Å². The zero-order chi connectivity index (χ0) is 15.7. The lowest BCUT2D eigenvalue weighted by atomic mass is 10.0. The molecule has 3 rings (SSSR count). The van der Waals surface area contributed by atoms with Crippen molar-refractivity contribution in [1.29, 1.82) is 0 Å². The van der Waals surface area contributed by atoms with Crippen molar-refractivity contribution in [3.8, 4) is 10.6 Å². The van der Waals surface area contributed by atoms with Crippen molar-refractivity contribution in [3.63, 3.8) is 0 Å². The van der Waals surface area contributed by atoms with Gasteiger partial charge < -0.3 is 5.32 Å². The summed E-state index contributed by atoms with van der Waals surface area (Å²) in [5, 5.41) is 6.27.